The highest BCUT2D eigenvalue weighted by Gasteiger charge is 2.33. The smallest absolute Gasteiger partial charge is 0.254 e. The molecule has 0 spiro atoms. The lowest BCUT2D eigenvalue weighted by molar-refractivity contribution is 0.0561. The van der Waals surface area contributed by atoms with Crippen molar-refractivity contribution in [2.24, 2.45) is 0 Å². The fourth-order valence-electron chi connectivity index (χ4n) is 3.71. The maximum atomic E-state index is 13.2. The summed E-state index contributed by atoms with van der Waals surface area (Å²) in [5.41, 5.74) is 1.37. The summed E-state index contributed by atoms with van der Waals surface area (Å²) < 4.78 is 16.3. The van der Waals surface area contributed by atoms with Crippen molar-refractivity contribution in [3.8, 4) is 22.9 Å². The zero-order valence-corrected chi connectivity index (χ0v) is 16.3. The number of nitrogens with zero attached hydrogens (tertiary/aromatic N) is 3. The first-order chi connectivity index (χ1) is 14.2. The zero-order chi connectivity index (χ0) is 19.8. The van der Waals surface area contributed by atoms with Gasteiger partial charge in [0, 0.05) is 22.7 Å². The molecule has 1 saturated heterocycles. The van der Waals surface area contributed by atoms with Gasteiger partial charge < -0.3 is 18.9 Å². The molecule has 2 aliphatic rings. The van der Waals surface area contributed by atoms with Crippen LogP contribution < -0.4 is 9.47 Å². The quantitative estimate of drug-likeness (QED) is 0.632. The molecule has 8 heteroatoms. The molecule has 7 nitrogen and oxygen atoms in total. The van der Waals surface area contributed by atoms with Gasteiger partial charge in [-0.25, -0.2) is 0 Å². The van der Waals surface area contributed by atoms with Crippen molar-refractivity contribution < 1.29 is 18.8 Å². The summed E-state index contributed by atoms with van der Waals surface area (Å²) in [6.45, 7) is 0.811. The lowest BCUT2D eigenvalue weighted by Crippen LogP contribution is -2.38. The van der Waals surface area contributed by atoms with Crippen molar-refractivity contribution in [3.63, 3.8) is 0 Å². The van der Waals surface area contributed by atoms with E-state index in [-0.39, 0.29) is 18.7 Å². The van der Waals surface area contributed by atoms with Crippen LogP contribution in [0, 0.1) is 0 Å². The van der Waals surface area contributed by atoms with E-state index in [1.807, 2.05) is 12.1 Å². The number of piperidine rings is 1. The van der Waals surface area contributed by atoms with Crippen LogP contribution in [0.3, 0.4) is 0 Å². The number of carbonyl (C=O) groups excluding carboxylic acids is 1. The Morgan fingerprint density at radius 2 is 1.90 bits per heavy atom. The Bertz CT molecular complexity index is 1050. The van der Waals surface area contributed by atoms with Crippen LogP contribution in [0.5, 0.6) is 11.5 Å². The highest BCUT2D eigenvalue weighted by molar-refractivity contribution is 6.30. The second-order valence-electron chi connectivity index (χ2n) is 7.04. The van der Waals surface area contributed by atoms with E-state index in [9.17, 15) is 4.79 Å². The van der Waals surface area contributed by atoms with Crippen molar-refractivity contribution in [1.82, 2.24) is 15.0 Å². The second kappa shape index (κ2) is 7.40. The average Bonchev–Trinajstić information content (AvgIpc) is 3.43. The monoisotopic (exact) mass is 411 g/mol. The van der Waals surface area contributed by atoms with Crippen molar-refractivity contribution in [2.45, 2.75) is 25.3 Å². The number of fused-ring (bicyclic) bond motifs is 1. The molecule has 0 N–H and O–H groups in total. The van der Waals surface area contributed by atoms with Gasteiger partial charge >= 0.3 is 0 Å². The summed E-state index contributed by atoms with van der Waals surface area (Å²) in [4.78, 5) is 19.6. The molecule has 3 heterocycles. The Labute approximate surface area is 172 Å². The summed E-state index contributed by atoms with van der Waals surface area (Å²) in [7, 11) is 0. The molecule has 1 unspecified atom stereocenters. The molecular weight excluding hydrogens is 394 g/mol. The summed E-state index contributed by atoms with van der Waals surface area (Å²) in [5.74, 6) is 2.09. The predicted octanol–water partition coefficient (Wildman–Crippen LogP) is 4.49. The van der Waals surface area contributed by atoms with Gasteiger partial charge in [-0.05, 0) is 61.7 Å². The van der Waals surface area contributed by atoms with Gasteiger partial charge in [-0.2, -0.15) is 4.98 Å². The van der Waals surface area contributed by atoms with Crippen LogP contribution in [0.4, 0.5) is 0 Å². The number of likely N-dealkylation sites (tertiary alicyclic amines) is 1. The first-order valence-corrected chi connectivity index (χ1v) is 9.87. The van der Waals surface area contributed by atoms with Gasteiger partial charge in [-0.3, -0.25) is 4.79 Å². The normalized spacial score (nSPS) is 18.1. The predicted molar refractivity (Wildman–Crippen MR) is 105 cm³/mol. The van der Waals surface area contributed by atoms with Crippen molar-refractivity contribution in [3.05, 3.63) is 58.9 Å². The third kappa shape index (κ3) is 3.42. The van der Waals surface area contributed by atoms with Crippen molar-refractivity contribution in [2.75, 3.05) is 13.3 Å². The van der Waals surface area contributed by atoms with Crippen LogP contribution in [0.2, 0.25) is 5.02 Å². The molecule has 0 radical (unpaired) electrons. The maximum Gasteiger partial charge on any atom is 0.254 e. The molecule has 1 amide bonds. The molecule has 5 rings (SSSR count). The highest BCUT2D eigenvalue weighted by Crippen LogP contribution is 2.36. The summed E-state index contributed by atoms with van der Waals surface area (Å²) >= 11 is 5.95. The average molecular weight is 412 g/mol. The van der Waals surface area contributed by atoms with Gasteiger partial charge in [-0.1, -0.05) is 16.8 Å². The van der Waals surface area contributed by atoms with E-state index in [0.717, 1.165) is 24.8 Å². The summed E-state index contributed by atoms with van der Waals surface area (Å²) in [5, 5.41) is 4.75. The van der Waals surface area contributed by atoms with Crippen LogP contribution in [-0.2, 0) is 0 Å². The van der Waals surface area contributed by atoms with E-state index in [2.05, 4.69) is 10.1 Å². The largest absolute Gasteiger partial charge is 0.454 e. The minimum Gasteiger partial charge on any atom is -0.454 e. The number of halogens is 1. The molecule has 3 aromatic rings. The van der Waals surface area contributed by atoms with Gasteiger partial charge in [0.05, 0.1) is 0 Å². The first-order valence-electron chi connectivity index (χ1n) is 9.49. The lowest BCUT2D eigenvalue weighted by atomic mass is 10.0. The van der Waals surface area contributed by atoms with Gasteiger partial charge in [0.1, 0.15) is 6.04 Å². The van der Waals surface area contributed by atoms with Gasteiger partial charge in [0.15, 0.2) is 11.5 Å². The van der Waals surface area contributed by atoms with E-state index >= 15 is 0 Å². The fraction of sp³-hybridized carbons (Fsp3) is 0.286. The summed E-state index contributed by atoms with van der Waals surface area (Å²) in [6.07, 6.45) is 2.71. The Balaban J connectivity index is 1.41. The van der Waals surface area contributed by atoms with Crippen LogP contribution in [0.1, 0.15) is 41.6 Å². The van der Waals surface area contributed by atoms with Crippen LogP contribution in [0.25, 0.3) is 11.4 Å². The minimum absolute atomic E-state index is 0.0840. The first kappa shape index (κ1) is 18.0. The Kier molecular flexibility index (Phi) is 4.60. The number of ether oxygens (including phenoxy) is 2. The Morgan fingerprint density at radius 3 is 2.76 bits per heavy atom. The van der Waals surface area contributed by atoms with E-state index in [1.165, 1.54) is 0 Å². The molecular formula is C21H18ClN3O4. The molecule has 2 aromatic carbocycles. The molecule has 0 saturated carbocycles. The van der Waals surface area contributed by atoms with Crippen molar-refractivity contribution >= 4 is 17.5 Å². The number of amides is 1. The summed E-state index contributed by atoms with van der Waals surface area (Å²) in [6, 6.07) is 12.2. The molecule has 1 atom stereocenters. The van der Waals surface area contributed by atoms with Gasteiger partial charge in [0.25, 0.3) is 5.91 Å². The molecule has 0 bridgehead atoms. The standard InChI is InChI=1S/C21H18ClN3O4/c22-15-7-4-13(5-8-15)19-23-20(29-24-19)16-3-1-2-10-25(16)21(26)14-6-9-17-18(11-14)28-12-27-17/h4-9,11,16H,1-3,10,12H2. The van der Waals surface area contributed by atoms with Crippen LogP contribution in [0.15, 0.2) is 47.0 Å². The number of benzene rings is 2. The number of aromatic nitrogens is 2. The van der Waals surface area contributed by atoms with Gasteiger partial charge in [-0.15, -0.1) is 0 Å². The molecule has 2 aliphatic heterocycles. The highest BCUT2D eigenvalue weighted by atomic mass is 35.5. The van der Waals surface area contributed by atoms with E-state index < -0.39 is 0 Å². The van der Waals surface area contributed by atoms with Crippen LogP contribution in [-0.4, -0.2) is 34.3 Å². The van der Waals surface area contributed by atoms with E-state index in [4.69, 9.17) is 25.6 Å². The maximum absolute atomic E-state index is 13.2. The second-order valence-corrected chi connectivity index (χ2v) is 7.48. The molecule has 0 aliphatic carbocycles. The lowest BCUT2D eigenvalue weighted by Gasteiger charge is -2.33. The number of hydrogen-bond acceptors (Lipinski definition) is 6. The molecule has 1 aromatic heterocycles. The minimum atomic E-state index is -0.254. The van der Waals surface area contributed by atoms with Crippen LogP contribution >= 0.6 is 11.6 Å². The van der Waals surface area contributed by atoms with Gasteiger partial charge in [0.2, 0.25) is 18.5 Å². The third-order valence-corrected chi connectivity index (χ3v) is 5.46. The molecule has 29 heavy (non-hydrogen) atoms. The Hall–Kier alpha value is -3.06. The fourth-order valence-corrected chi connectivity index (χ4v) is 3.84. The Morgan fingerprint density at radius 1 is 1.07 bits per heavy atom. The van der Waals surface area contributed by atoms with E-state index in [1.54, 1.807) is 35.2 Å². The molecule has 148 valence electrons. The zero-order valence-electron chi connectivity index (χ0n) is 15.5. The topological polar surface area (TPSA) is 77.7 Å². The number of hydrogen-bond donors (Lipinski definition) is 0. The SMILES string of the molecule is O=C(c1ccc2c(c1)OCO2)N1CCCCC1c1nc(-c2ccc(Cl)cc2)no1. The number of rotatable bonds is 3. The number of carbonyl (C=O) groups is 1. The van der Waals surface area contributed by atoms with Crippen molar-refractivity contribution in [1.29, 1.82) is 0 Å². The van der Waals surface area contributed by atoms with E-state index in [0.29, 0.717) is 40.3 Å². The molecule has 1 fully saturated rings. The third-order valence-electron chi connectivity index (χ3n) is 5.21.